The molecule has 1 rings (SSSR count). The fraction of sp³-hybridized carbons (Fsp3) is 0.333. The Morgan fingerprint density at radius 1 is 1.42 bits per heavy atom. The Kier molecular flexibility index (Phi) is 9.02. The number of nitrogens with one attached hydrogen (secondary N) is 2. The highest BCUT2D eigenvalue weighted by atomic mass is 32.1. The largest absolute Gasteiger partial charge is 0.490 e. The van der Waals surface area contributed by atoms with Crippen LogP contribution in [-0.2, 0) is 6.42 Å². The van der Waals surface area contributed by atoms with Crippen LogP contribution in [0.4, 0.5) is 0 Å². The Morgan fingerprint density at radius 3 is 2.83 bits per heavy atom. The Balaban J connectivity index is 3.08. The smallest absolute Gasteiger partial charge is 0.186 e. The lowest BCUT2D eigenvalue weighted by atomic mass is 10.1. The van der Waals surface area contributed by atoms with Gasteiger partial charge in [-0.3, -0.25) is 5.43 Å². The van der Waals surface area contributed by atoms with Gasteiger partial charge in [0.2, 0.25) is 0 Å². The molecule has 1 aromatic carbocycles. The van der Waals surface area contributed by atoms with Gasteiger partial charge < -0.3 is 14.8 Å². The lowest BCUT2D eigenvalue weighted by Crippen LogP contribution is -2.31. The van der Waals surface area contributed by atoms with Crippen molar-refractivity contribution in [1.82, 2.24) is 10.7 Å². The Morgan fingerprint density at radius 2 is 2.21 bits per heavy atom. The first-order valence-electron chi connectivity index (χ1n) is 7.69. The summed E-state index contributed by atoms with van der Waals surface area (Å²) in [6.07, 6.45) is 9.39. The summed E-state index contributed by atoms with van der Waals surface area (Å²) in [5.74, 6) is 3.74. The Labute approximate surface area is 149 Å². The highest BCUT2D eigenvalue weighted by Gasteiger charge is 2.12. The van der Waals surface area contributed by atoms with Crippen LogP contribution in [0.25, 0.3) is 0 Å². The average molecular weight is 345 g/mol. The fourth-order valence-electron chi connectivity index (χ4n) is 1.97. The molecule has 0 saturated heterocycles. The molecule has 0 saturated carbocycles. The predicted octanol–water partition coefficient (Wildman–Crippen LogP) is 2.64. The highest BCUT2D eigenvalue weighted by molar-refractivity contribution is 7.80. The monoisotopic (exact) mass is 345 g/mol. The van der Waals surface area contributed by atoms with E-state index in [0.717, 1.165) is 17.7 Å². The third-order valence-corrected chi connectivity index (χ3v) is 3.07. The van der Waals surface area contributed by atoms with E-state index in [1.807, 2.05) is 26.0 Å². The SMILES string of the molecule is C#CCOc1c(CC=C)cc(C=NNC(=S)NCC)cc1OCC. The minimum atomic E-state index is 0.177. The molecule has 0 aliphatic carbocycles. The summed E-state index contributed by atoms with van der Waals surface area (Å²) in [5.41, 5.74) is 4.54. The number of terminal acetylenes is 1. The van der Waals surface area contributed by atoms with E-state index in [-0.39, 0.29) is 6.61 Å². The van der Waals surface area contributed by atoms with Crippen molar-refractivity contribution in [2.75, 3.05) is 19.8 Å². The van der Waals surface area contributed by atoms with Crippen LogP contribution in [0.1, 0.15) is 25.0 Å². The van der Waals surface area contributed by atoms with Crippen LogP contribution in [0, 0.1) is 12.3 Å². The number of hydrazone groups is 1. The second kappa shape index (κ2) is 11.1. The van der Waals surface area contributed by atoms with Crippen LogP contribution in [0.5, 0.6) is 11.5 Å². The van der Waals surface area contributed by atoms with Crippen LogP contribution < -0.4 is 20.2 Å². The number of hydrogen-bond donors (Lipinski definition) is 2. The maximum absolute atomic E-state index is 5.68. The summed E-state index contributed by atoms with van der Waals surface area (Å²) in [5, 5.41) is 7.55. The molecule has 0 amide bonds. The van der Waals surface area contributed by atoms with Gasteiger partial charge in [0.05, 0.1) is 12.8 Å². The number of ether oxygens (including phenoxy) is 2. The van der Waals surface area contributed by atoms with Gasteiger partial charge in [0, 0.05) is 12.1 Å². The lowest BCUT2D eigenvalue weighted by molar-refractivity contribution is 0.297. The van der Waals surface area contributed by atoms with Crippen LogP contribution in [0.2, 0.25) is 0 Å². The highest BCUT2D eigenvalue weighted by Crippen LogP contribution is 2.33. The van der Waals surface area contributed by atoms with E-state index in [4.69, 9.17) is 28.1 Å². The van der Waals surface area contributed by atoms with Crippen molar-refractivity contribution in [1.29, 1.82) is 0 Å². The van der Waals surface area contributed by atoms with Gasteiger partial charge in [0.25, 0.3) is 0 Å². The minimum Gasteiger partial charge on any atom is -0.490 e. The van der Waals surface area contributed by atoms with Gasteiger partial charge in [-0.1, -0.05) is 12.0 Å². The van der Waals surface area contributed by atoms with Gasteiger partial charge in [-0.15, -0.1) is 13.0 Å². The zero-order valence-corrected chi connectivity index (χ0v) is 14.9. The zero-order valence-electron chi connectivity index (χ0n) is 14.1. The van der Waals surface area contributed by atoms with Gasteiger partial charge in [-0.2, -0.15) is 5.10 Å². The topological polar surface area (TPSA) is 54.9 Å². The number of hydrogen-bond acceptors (Lipinski definition) is 4. The van der Waals surface area contributed by atoms with E-state index in [1.54, 1.807) is 12.3 Å². The van der Waals surface area contributed by atoms with Gasteiger partial charge in [0.1, 0.15) is 6.61 Å². The molecule has 0 aliphatic rings. The first-order chi connectivity index (χ1) is 11.7. The summed E-state index contributed by atoms with van der Waals surface area (Å²) in [6.45, 7) is 9.08. The molecular weight excluding hydrogens is 322 g/mol. The quantitative estimate of drug-likeness (QED) is 0.237. The lowest BCUT2D eigenvalue weighted by Gasteiger charge is -2.15. The minimum absolute atomic E-state index is 0.177. The molecule has 0 unspecified atom stereocenters. The predicted molar refractivity (Wildman–Crippen MR) is 103 cm³/mol. The summed E-state index contributed by atoms with van der Waals surface area (Å²) >= 11 is 5.06. The Hall–Kier alpha value is -2.52. The van der Waals surface area contributed by atoms with Crippen molar-refractivity contribution in [3.8, 4) is 23.8 Å². The normalized spacial score (nSPS) is 10.0. The average Bonchev–Trinajstić information content (AvgIpc) is 2.55. The van der Waals surface area contributed by atoms with E-state index in [1.165, 1.54) is 0 Å². The maximum atomic E-state index is 5.68. The summed E-state index contributed by atoms with van der Waals surface area (Å²) in [6, 6.07) is 3.81. The van der Waals surface area contributed by atoms with Gasteiger partial charge >= 0.3 is 0 Å². The maximum Gasteiger partial charge on any atom is 0.186 e. The number of nitrogens with zero attached hydrogens (tertiary/aromatic N) is 1. The van der Waals surface area contributed by atoms with Crippen LogP contribution in [0.3, 0.4) is 0 Å². The second-order valence-electron chi connectivity index (χ2n) is 4.66. The van der Waals surface area contributed by atoms with E-state index in [0.29, 0.717) is 29.6 Å². The summed E-state index contributed by atoms with van der Waals surface area (Å²) in [7, 11) is 0. The van der Waals surface area contributed by atoms with Crippen molar-refractivity contribution >= 4 is 23.5 Å². The standard InChI is InChI=1S/C18H23N3O2S/c1-5-9-15-11-14(13-20-21-18(24)19-7-3)12-16(22-8-4)17(15)23-10-6-2/h2,5,11-13H,1,7-10H2,3-4H3,(H2,19,21,24). The van der Waals surface area contributed by atoms with Crippen molar-refractivity contribution in [3.05, 3.63) is 35.9 Å². The molecule has 6 heteroatoms. The van der Waals surface area contributed by atoms with Gasteiger partial charge in [-0.05, 0) is 50.2 Å². The Bertz CT molecular complexity index is 636. The molecular formula is C18H23N3O2S. The molecule has 2 N–H and O–H groups in total. The molecule has 128 valence electrons. The van der Waals surface area contributed by atoms with Crippen LogP contribution >= 0.6 is 12.2 Å². The molecule has 0 aromatic heterocycles. The molecule has 0 radical (unpaired) electrons. The number of allylic oxidation sites excluding steroid dienone is 1. The number of benzene rings is 1. The molecule has 24 heavy (non-hydrogen) atoms. The molecule has 1 aromatic rings. The van der Waals surface area contributed by atoms with E-state index in [2.05, 4.69) is 28.3 Å². The third kappa shape index (κ3) is 6.31. The summed E-state index contributed by atoms with van der Waals surface area (Å²) in [4.78, 5) is 0. The number of rotatable bonds is 9. The first kappa shape index (κ1) is 19.5. The molecule has 5 nitrogen and oxygen atoms in total. The molecule has 0 heterocycles. The van der Waals surface area contributed by atoms with E-state index < -0.39 is 0 Å². The second-order valence-corrected chi connectivity index (χ2v) is 5.06. The molecule has 0 aliphatic heterocycles. The van der Waals surface area contributed by atoms with Crippen LogP contribution in [-0.4, -0.2) is 31.1 Å². The fourth-order valence-corrected chi connectivity index (χ4v) is 2.17. The molecule has 0 fully saturated rings. The van der Waals surface area contributed by atoms with Crippen molar-refractivity contribution < 1.29 is 9.47 Å². The van der Waals surface area contributed by atoms with Gasteiger partial charge in [0.15, 0.2) is 16.6 Å². The molecule has 0 bridgehead atoms. The summed E-state index contributed by atoms with van der Waals surface area (Å²) < 4.78 is 11.3. The van der Waals surface area contributed by atoms with Crippen molar-refractivity contribution in [2.24, 2.45) is 5.10 Å². The number of thiocarbonyl (C=S) groups is 1. The zero-order chi connectivity index (χ0) is 17.8. The van der Waals surface area contributed by atoms with E-state index in [9.17, 15) is 0 Å². The van der Waals surface area contributed by atoms with Crippen LogP contribution in [0.15, 0.2) is 29.9 Å². The van der Waals surface area contributed by atoms with Gasteiger partial charge in [-0.25, -0.2) is 0 Å². The van der Waals surface area contributed by atoms with Crippen molar-refractivity contribution in [2.45, 2.75) is 20.3 Å². The first-order valence-corrected chi connectivity index (χ1v) is 8.10. The third-order valence-electron chi connectivity index (χ3n) is 2.84. The van der Waals surface area contributed by atoms with E-state index >= 15 is 0 Å². The van der Waals surface area contributed by atoms with Crippen molar-refractivity contribution in [3.63, 3.8) is 0 Å². The molecule has 0 spiro atoms. The molecule has 0 atom stereocenters.